The molecule has 5 heteroatoms. The van der Waals surface area contributed by atoms with Gasteiger partial charge in [-0.1, -0.05) is 18.2 Å². The van der Waals surface area contributed by atoms with Crippen LogP contribution in [0.3, 0.4) is 0 Å². The van der Waals surface area contributed by atoms with Gasteiger partial charge in [0.05, 0.1) is 5.56 Å². The topological polar surface area (TPSA) is 52.7 Å². The smallest absolute Gasteiger partial charge is 0.256 e. The molecule has 0 saturated carbocycles. The van der Waals surface area contributed by atoms with Crippen LogP contribution >= 0.6 is 0 Å². The number of hydrogen-bond acceptors (Lipinski definition) is 3. The van der Waals surface area contributed by atoms with Crippen LogP contribution in [0.4, 0.5) is 11.4 Å². The highest BCUT2D eigenvalue weighted by Gasteiger charge is 2.23. The SMILES string of the molecule is Cc1ccccc1C(=O)Nc1ccc(N(C)C)c(C(=O)N2CCCC2)c1. The first kappa shape index (κ1) is 18.0. The van der Waals surface area contributed by atoms with Gasteiger partial charge >= 0.3 is 0 Å². The van der Waals surface area contributed by atoms with Gasteiger partial charge < -0.3 is 15.1 Å². The molecule has 1 aliphatic heterocycles. The summed E-state index contributed by atoms with van der Waals surface area (Å²) < 4.78 is 0. The van der Waals surface area contributed by atoms with Gasteiger partial charge in [0.2, 0.25) is 0 Å². The molecule has 5 nitrogen and oxygen atoms in total. The maximum atomic E-state index is 12.9. The maximum absolute atomic E-state index is 12.9. The lowest BCUT2D eigenvalue weighted by molar-refractivity contribution is 0.0793. The molecular weight excluding hydrogens is 326 g/mol. The normalized spacial score (nSPS) is 13.6. The van der Waals surface area contributed by atoms with Crippen LogP contribution in [0.5, 0.6) is 0 Å². The molecule has 1 fully saturated rings. The molecular formula is C21H25N3O2. The Morgan fingerprint density at radius 1 is 1.00 bits per heavy atom. The summed E-state index contributed by atoms with van der Waals surface area (Å²) in [5, 5.41) is 2.92. The Morgan fingerprint density at radius 2 is 1.69 bits per heavy atom. The van der Waals surface area contributed by atoms with Crippen LogP contribution in [-0.2, 0) is 0 Å². The van der Waals surface area contributed by atoms with Crippen molar-refractivity contribution in [1.29, 1.82) is 0 Å². The Labute approximate surface area is 154 Å². The molecule has 1 N–H and O–H groups in total. The number of benzene rings is 2. The van der Waals surface area contributed by atoms with Gasteiger partial charge in [0.25, 0.3) is 11.8 Å². The molecule has 0 bridgehead atoms. The minimum atomic E-state index is -0.166. The fraction of sp³-hybridized carbons (Fsp3) is 0.333. The van der Waals surface area contributed by atoms with E-state index in [2.05, 4.69) is 5.32 Å². The summed E-state index contributed by atoms with van der Waals surface area (Å²) in [6, 6.07) is 13.0. The third-order valence-electron chi connectivity index (χ3n) is 4.75. The van der Waals surface area contributed by atoms with Gasteiger partial charge in [-0.25, -0.2) is 0 Å². The number of nitrogens with one attached hydrogen (secondary N) is 1. The fourth-order valence-corrected chi connectivity index (χ4v) is 3.29. The number of likely N-dealkylation sites (tertiary alicyclic amines) is 1. The number of hydrogen-bond donors (Lipinski definition) is 1. The highest BCUT2D eigenvalue weighted by molar-refractivity contribution is 6.07. The fourth-order valence-electron chi connectivity index (χ4n) is 3.29. The zero-order chi connectivity index (χ0) is 18.7. The molecule has 0 aliphatic carbocycles. The Morgan fingerprint density at radius 3 is 2.35 bits per heavy atom. The molecule has 1 saturated heterocycles. The highest BCUT2D eigenvalue weighted by Crippen LogP contribution is 2.26. The minimum Gasteiger partial charge on any atom is -0.377 e. The van der Waals surface area contributed by atoms with Crippen LogP contribution in [0, 0.1) is 6.92 Å². The van der Waals surface area contributed by atoms with Crippen LogP contribution < -0.4 is 10.2 Å². The largest absolute Gasteiger partial charge is 0.377 e. The Hall–Kier alpha value is -2.82. The molecule has 1 aliphatic rings. The lowest BCUT2D eigenvalue weighted by atomic mass is 10.1. The van der Waals surface area contributed by atoms with Crippen LogP contribution in [-0.4, -0.2) is 43.9 Å². The van der Waals surface area contributed by atoms with Crippen molar-refractivity contribution >= 4 is 23.2 Å². The van der Waals surface area contributed by atoms with Crippen molar-refractivity contribution in [3.63, 3.8) is 0 Å². The van der Waals surface area contributed by atoms with E-state index in [9.17, 15) is 9.59 Å². The van der Waals surface area contributed by atoms with Gasteiger partial charge in [-0.3, -0.25) is 9.59 Å². The number of aryl methyl sites for hydroxylation is 1. The van der Waals surface area contributed by atoms with E-state index in [-0.39, 0.29) is 11.8 Å². The molecule has 2 aromatic carbocycles. The lowest BCUT2D eigenvalue weighted by Gasteiger charge is -2.22. The van der Waals surface area contributed by atoms with E-state index in [0.717, 1.165) is 37.2 Å². The van der Waals surface area contributed by atoms with E-state index < -0.39 is 0 Å². The number of carbonyl (C=O) groups excluding carboxylic acids is 2. The highest BCUT2D eigenvalue weighted by atomic mass is 16.2. The standard InChI is InChI=1S/C21H25N3O2/c1-15-8-4-5-9-17(15)20(25)22-16-10-11-19(23(2)3)18(14-16)21(26)24-12-6-7-13-24/h4-5,8-11,14H,6-7,12-13H2,1-3H3,(H,22,25). The molecule has 2 amide bonds. The van der Waals surface area contributed by atoms with Crippen LogP contribution in [0.1, 0.15) is 39.1 Å². The quantitative estimate of drug-likeness (QED) is 0.916. The van der Waals surface area contributed by atoms with Crippen molar-refractivity contribution < 1.29 is 9.59 Å². The zero-order valence-corrected chi connectivity index (χ0v) is 15.6. The second-order valence-corrected chi connectivity index (χ2v) is 6.89. The molecule has 136 valence electrons. The molecule has 3 rings (SSSR count). The number of amides is 2. The van der Waals surface area contributed by atoms with Crippen molar-refractivity contribution in [2.75, 3.05) is 37.4 Å². The molecule has 2 aromatic rings. The van der Waals surface area contributed by atoms with Crippen LogP contribution in [0.2, 0.25) is 0 Å². The van der Waals surface area contributed by atoms with E-state index in [0.29, 0.717) is 16.8 Å². The average molecular weight is 351 g/mol. The van der Waals surface area contributed by atoms with Crippen molar-refractivity contribution in [1.82, 2.24) is 4.90 Å². The number of carbonyl (C=O) groups is 2. The predicted octanol–water partition coefficient (Wildman–Crippen LogP) is 3.55. The van der Waals surface area contributed by atoms with Gasteiger partial charge in [-0.05, 0) is 49.6 Å². The van der Waals surface area contributed by atoms with Crippen LogP contribution in [0.15, 0.2) is 42.5 Å². The molecule has 0 unspecified atom stereocenters. The van der Waals surface area contributed by atoms with E-state index >= 15 is 0 Å². The first-order chi connectivity index (χ1) is 12.5. The van der Waals surface area contributed by atoms with Crippen molar-refractivity contribution in [2.24, 2.45) is 0 Å². The number of rotatable bonds is 4. The van der Waals surface area contributed by atoms with E-state index in [1.807, 2.05) is 61.2 Å². The first-order valence-electron chi connectivity index (χ1n) is 8.95. The molecule has 0 spiro atoms. The second-order valence-electron chi connectivity index (χ2n) is 6.89. The Kier molecular flexibility index (Phi) is 5.26. The molecule has 0 aromatic heterocycles. The monoisotopic (exact) mass is 351 g/mol. The lowest BCUT2D eigenvalue weighted by Crippen LogP contribution is -2.29. The van der Waals surface area contributed by atoms with Gasteiger partial charge in [0.1, 0.15) is 0 Å². The van der Waals surface area contributed by atoms with E-state index in [1.165, 1.54) is 0 Å². The van der Waals surface area contributed by atoms with E-state index in [4.69, 9.17) is 0 Å². The van der Waals surface area contributed by atoms with Gasteiger partial charge in [0, 0.05) is 44.1 Å². The van der Waals surface area contributed by atoms with Crippen molar-refractivity contribution in [3.8, 4) is 0 Å². The summed E-state index contributed by atoms with van der Waals surface area (Å²) in [6.07, 6.45) is 2.10. The first-order valence-corrected chi connectivity index (χ1v) is 8.95. The third kappa shape index (κ3) is 3.72. The zero-order valence-electron chi connectivity index (χ0n) is 15.6. The Bertz CT molecular complexity index is 824. The van der Waals surface area contributed by atoms with Gasteiger partial charge in [0.15, 0.2) is 0 Å². The minimum absolute atomic E-state index is 0.0261. The summed E-state index contributed by atoms with van der Waals surface area (Å²) in [7, 11) is 3.84. The predicted molar refractivity (Wildman–Crippen MR) is 105 cm³/mol. The summed E-state index contributed by atoms with van der Waals surface area (Å²) in [5.41, 5.74) is 3.67. The van der Waals surface area contributed by atoms with Gasteiger partial charge in [-0.15, -0.1) is 0 Å². The maximum Gasteiger partial charge on any atom is 0.256 e. The average Bonchev–Trinajstić information content (AvgIpc) is 3.15. The summed E-state index contributed by atoms with van der Waals surface area (Å²) in [6.45, 7) is 3.50. The number of nitrogens with zero attached hydrogens (tertiary/aromatic N) is 2. The molecule has 0 atom stereocenters. The summed E-state index contributed by atoms with van der Waals surface area (Å²) in [4.78, 5) is 29.3. The number of anilines is 2. The van der Waals surface area contributed by atoms with Gasteiger partial charge in [-0.2, -0.15) is 0 Å². The third-order valence-corrected chi connectivity index (χ3v) is 4.75. The molecule has 26 heavy (non-hydrogen) atoms. The Balaban J connectivity index is 1.89. The van der Waals surface area contributed by atoms with Crippen molar-refractivity contribution in [2.45, 2.75) is 19.8 Å². The molecule has 1 heterocycles. The summed E-state index contributed by atoms with van der Waals surface area (Å²) >= 11 is 0. The summed E-state index contributed by atoms with van der Waals surface area (Å²) in [5.74, 6) is -0.140. The molecule has 0 radical (unpaired) electrons. The van der Waals surface area contributed by atoms with Crippen molar-refractivity contribution in [3.05, 3.63) is 59.2 Å². The second kappa shape index (κ2) is 7.60. The van der Waals surface area contributed by atoms with E-state index in [1.54, 1.807) is 12.1 Å². The van der Waals surface area contributed by atoms with Crippen LogP contribution in [0.25, 0.3) is 0 Å².